The van der Waals surface area contributed by atoms with Crippen LogP contribution in [-0.2, 0) is 11.2 Å². The highest BCUT2D eigenvalue weighted by molar-refractivity contribution is 7.92. The number of carboxylic acids is 1. The molecule has 5 nitrogen and oxygen atoms in total. The minimum atomic E-state index is -1.33. The van der Waals surface area contributed by atoms with Gasteiger partial charge in [-0.3, -0.25) is 4.79 Å². The second-order valence-electron chi connectivity index (χ2n) is 6.84. The lowest BCUT2D eigenvalue weighted by Crippen LogP contribution is -2.16. The predicted molar refractivity (Wildman–Crippen MR) is 103 cm³/mol. The summed E-state index contributed by atoms with van der Waals surface area (Å²) in [5.41, 5.74) is 1.19. The van der Waals surface area contributed by atoms with Crippen LogP contribution in [0.1, 0.15) is 49.5 Å². The number of rotatable bonds is 4. The van der Waals surface area contributed by atoms with Crippen molar-refractivity contribution < 1.29 is 18.9 Å². The fourth-order valence-corrected chi connectivity index (χ4v) is 3.91. The lowest BCUT2D eigenvalue weighted by Gasteiger charge is -2.17. The Morgan fingerprint density at radius 1 is 1.12 bits per heavy atom. The molecule has 1 aromatic heterocycles. The van der Waals surface area contributed by atoms with E-state index in [1.807, 2.05) is 33.8 Å². The van der Waals surface area contributed by atoms with E-state index in [1.54, 1.807) is 6.07 Å². The van der Waals surface area contributed by atoms with Gasteiger partial charge in [0, 0.05) is 6.07 Å². The SMILES string of the molecule is CC(C)c1cc([S+]([O-])C(C)C)c2oc3ccc(C(=O)O)cc3c(=O)c2c1. The van der Waals surface area contributed by atoms with Crippen LogP contribution in [0.3, 0.4) is 0 Å². The minimum absolute atomic E-state index is 0.0233. The van der Waals surface area contributed by atoms with Gasteiger partial charge in [-0.15, -0.1) is 0 Å². The van der Waals surface area contributed by atoms with Gasteiger partial charge in [0.15, 0.2) is 10.5 Å². The third-order valence-corrected chi connectivity index (χ3v) is 5.91. The molecule has 1 N–H and O–H groups in total. The van der Waals surface area contributed by atoms with Crippen molar-refractivity contribution in [1.82, 2.24) is 0 Å². The summed E-state index contributed by atoms with van der Waals surface area (Å²) >= 11 is -1.33. The fourth-order valence-electron chi connectivity index (χ4n) is 2.82. The van der Waals surface area contributed by atoms with Crippen molar-refractivity contribution in [2.24, 2.45) is 0 Å². The summed E-state index contributed by atoms with van der Waals surface area (Å²) in [7, 11) is 0. The summed E-state index contributed by atoms with van der Waals surface area (Å²) in [4.78, 5) is 24.7. The highest BCUT2D eigenvalue weighted by Gasteiger charge is 2.24. The highest BCUT2D eigenvalue weighted by Crippen LogP contribution is 2.31. The van der Waals surface area contributed by atoms with E-state index >= 15 is 0 Å². The van der Waals surface area contributed by atoms with Crippen molar-refractivity contribution in [2.45, 2.75) is 43.8 Å². The number of carboxylic acid groups (broad SMARTS) is 1. The maximum Gasteiger partial charge on any atom is 0.335 e. The Kier molecular flexibility index (Phi) is 4.82. The van der Waals surface area contributed by atoms with Crippen molar-refractivity contribution >= 4 is 39.1 Å². The highest BCUT2D eigenvalue weighted by atomic mass is 32.2. The Balaban J connectivity index is 2.45. The zero-order chi connectivity index (χ0) is 19.2. The molecule has 1 atom stereocenters. The molecule has 0 amide bonds. The van der Waals surface area contributed by atoms with Gasteiger partial charge in [0.2, 0.25) is 5.43 Å². The van der Waals surface area contributed by atoms with Crippen LogP contribution in [0.4, 0.5) is 0 Å². The van der Waals surface area contributed by atoms with Crippen LogP contribution in [0.25, 0.3) is 21.9 Å². The quantitative estimate of drug-likeness (QED) is 0.545. The first-order valence-electron chi connectivity index (χ1n) is 8.39. The Hall–Kier alpha value is -2.31. The first kappa shape index (κ1) is 18.5. The summed E-state index contributed by atoms with van der Waals surface area (Å²) in [6, 6.07) is 7.77. The van der Waals surface area contributed by atoms with Crippen molar-refractivity contribution in [3.63, 3.8) is 0 Å². The molecule has 0 aliphatic carbocycles. The molecule has 1 heterocycles. The molecule has 26 heavy (non-hydrogen) atoms. The lowest BCUT2D eigenvalue weighted by atomic mass is 10.0. The molecule has 6 heteroatoms. The van der Waals surface area contributed by atoms with Crippen LogP contribution in [0.2, 0.25) is 0 Å². The topological polar surface area (TPSA) is 90.6 Å². The molecule has 0 fully saturated rings. The van der Waals surface area contributed by atoms with E-state index in [-0.39, 0.29) is 33.1 Å². The molecular formula is C20H20O5S. The third kappa shape index (κ3) is 3.10. The largest absolute Gasteiger partial charge is 0.611 e. The molecular weight excluding hydrogens is 352 g/mol. The van der Waals surface area contributed by atoms with Crippen molar-refractivity contribution in [3.8, 4) is 0 Å². The first-order valence-corrected chi connectivity index (χ1v) is 9.60. The van der Waals surface area contributed by atoms with Gasteiger partial charge in [-0.1, -0.05) is 13.8 Å². The van der Waals surface area contributed by atoms with Gasteiger partial charge in [0.1, 0.15) is 10.8 Å². The Labute approximate surface area is 153 Å². The normalized spacial score (nSPS) is 13.0. The predicted octanol–water partition coefficient (Wildman–Crippen LogP) is 4.28. The average Bonchev–Trinajstić information content (AvgIpc) is 2.60. The maximum atomic E-state index is 13.0. The molecule has 3 rings (SSSR count). The summed E-state index contributed by atoms with van der Waals surface area (Å²) in [6.45, 7) is 7.69. The van der Waals surface area contributed by atoms with Gasteiger partial charge in [0.05, 0.1) is 16.3 Å². The van der Waals surface area contributed by atoms with Crippen molar-refractivity contribution in [2.75, 3.05) is 0 Å². The number of fused-ring (bicyclic) bond motifs is 2. The molecule has 0 aliphatic rings. The first-order chi connectivity index (χ1) is 12.2. The van der Waals surface area contributed by atoms with Gasteiger partial charge < -0.3 is 14.1 Å². The Morgan fingerprint density at radius 2 is 1.81 bits per heavy atom. The summed E-state index contributed by atoms with van der Waals surface area (Å²) in [5.74, 6) is -0.966. The zero-order valence-corrected chi connectivity index (χ0v) is 15.8. The smallest absolute Gasteiger partial charge is 0.335 e. The molecule has 1 unspecified atom stereocenters. The molecule has 0 radical (unpaired) electrons. The van der Waals surface area contributed by atoms with E-state index in [1.165, 1.54) is 18.2 Å². The molecule has 0 bridgehead atoms. The Morgan fingerprint density at radius 3 is 2.38 bits per heavy atom. The van der Waals surface area contributed by atoms with Crippen LogP contribution in [0.5, 0.6) is 0 Å². The molecule has 0 aliphatic heterocycles. The van der Waals surface area contributed by atoms with Crippen LogP contribution in [0, 0.1) is 0 Å². The van der Waals surface area contributed by atoms with E-state index in [0.717, 1.165) is 5.56 Å². The van der Waals surface area contributed by atoms with Crippen molar-refractivity contribution in [3.05, 3.63) is 51.7 Å². The second-order valence-corrected chi connectivity index (χ2v) is 8.82. The van der Waals surface area contributed by atoms with Gasteiger partial charge in [0.25, 0.3) is 0 Å². The van der Waals surface area contributed by atoms with Crippen molar-refractivity contribution in [1.29, 1.82) is 0 Å². The number of carbonyl (C=O) groups is 1. The molecule has 0 saturated carbocycles. The van der Waals surface area contributed by atoms with Gasteiger partial charge in [-0.2, -0.15) is 0 Å². The summed E-state index contributed by atoms with van der Waals surface area (Å²) in [5, 5.41) is 9.58. The van der Waals surface area contributed by atoms with E-state index in [4.69, 9.17) is 4.42 Å². The van der Waals surface area contributed by atoms with Crippen LogP contribution < -0.4 is 5.43 Å². The van der Waals surface area contributed by atoms with E-state index < -0.39 is 17.1 Å². The monoisotopic (exact) mass is 372 g/mol. The minimum Gasteiger partial charge on any atom is -0.611 e. The summed E-state index contributed by atoms with van der Waals surface area (Å²) < 4.78 is 18.7. The maximum absolute atomic E-state index is 13.0. The van der Waals surface area contributed by atoms with E-state index in [0.29, 0.717) is 15.9 Å². The van der Waals surface area contributed by atoms with Gasteiger partial charge >= 0.3 is 5.97 Å². The van der Waals surface area contributed by atoms with Crippen LogP contribution in [0.15, 0.2) is 44.4 Å². The number of benzene rings is 2. The van der Waals surface area contributed by atoms with Crippen LogP contribution in [-0.4, -0.2) is 20.9 Å². The summed E-state index contributed by atoms with van der Waals surface area (Å²) in [6.07, 6.45) is 0. The third-order valence-electron chi connectivity index (χ3n) is 4.32. The van der Waals surface area contributed by atoms with Crippen LogP contribution >= 0.6 is 0 Å². The number of aromatic carboxylic acids is 1. The molecule has 0 saturated heterocycles. The van der Waals surface area contributed by atoms with E-state index in [9.17, 15) is 19.2 Å². The Bertz CT molecular complexity index is 1070. The zero-order valence-electron chi connectivity index (χ0n) is 15.0. The second kappa shape index (κ2) is 6.78. The standard InChI is InChI=1S/C20H20O5S/c1-10(2)13-8-15-18(21)14-7-12(20(22)23)5-6-16(14)25-19(15)17(9-13)26(24)11(3)4/h5-11H,1-4H3,(H,22,23). The lowest BCUT2D eigenvalue weighted by molar-refractivity contribution is 0.0697. The van der Waals surface area contributed by atoms with Gasteiger partial charge in [-0.25, -0.2) is 4.79 Å². The molecule has 136 valence electrons. The molecule has 3 aromatic rings. The average molecular weight is 372 g/mol. The molecule has 0 spiro atoms. The van der Waals surface area contributed by atoms with E-state index in [2.05, 4.69) is 0 Å². The fraction of sp³-hybridized carbons (Fsp3) is 0.300. The van der Waals surface area contributed by atoms with Gasteiger partial charge in [-0.05, 0) is 60.8 Å². The molecule has 2 aromatic carbocycles. The number of hydrogen-bond donors (Lipinski definition) is 1. The number of hydrogen-bond acceptors (Lipinski definition) is 4.